The lowest BCUT2D eigenvalue weighted by molar-refractivity contribution is 0.314. The van der Waals surface area contributed by atoms with Crippen LogP contribution in [-0.4, -0.2) is 26.4 Å². The predicted octanol–water partition coefficient (Wildman–Crippen LogP) is 6.10. The number of benzene rings is 3. The minimum absolute atomic E-state index is 0.242. The predicted molar refractivity (Wildman–Crippen MR) is 129 cm³/mol. The van der Waals surface area contributed by atoms with E-state index in [9.17, 15) is 0 Å². The van der Waals surface area contributed by atoms with E-state index in [1.807, 2.05) is 60.7 Å². The van der Waals surface area contributed by atoms with Gasteiger partial charge < -0.3 is 9.30 Å². The molecule has 0 unspecified atom stereocenters. The Morgan fingerprint density at radius 1 is 0.879 bits per heavy atom. The summed E-state index contributed by atoms with van der Waals surface area (Å²) in [4.78, 5) is 4.71. The van der Waals surface area contributed by atoms with Crippen LogP contribution in [0.3, 0.4) is 0 Å². The van der Waals surface area contributed by atoms with Crippen molar-refractivity contribution in [1.29, 1.82) is 0 Å². The van der Waals surface area contributed by atoms with Crippen molar-refractivity contribution in [3.8, 4) is 5.75 Å². The third-order valence-electron chi connectivity index (χ3n) is 5.38. The molecule has 33 heavy (non-hydrogen) atoms. The lowest BCUT2D eigenvalue weighted by Gasteiger charge is -2.08. The van der Waals surface area contributed by atoms with E-state index in [0.717, 1.165) is 39.8 Å². The zero-order valence-electron chi connectivity index (χ0n) is 18.4. The van der Waals surface area contributed by atoms with E-state index in [2.05, 4.69) is 50.1 Å². The van der Waals surface area contributed by atoms with Gasteiger partial charge in [0.2, 0.25) is 0 Å². The maximum atomic E-state index is 5.80. The number of nitrogens with zero attached hydrogens (tertiary/aromatic N) is 6. The molecule has 5 aromatic rings. The maximum Gasteiger partial charge on any atom is 0.289 e. The molecule has 3 aromatic carbocycles. The Morgan fingerprint density at radius 3 is 2.55 bits per heavy atom. The van der Waals surface area contributed by atoms with Gasteiger partial charge in [-0.05, 0) is 24.1 Å². The maximum absolute atomic E-state index is 5.80. The van der Waals surface area contributed by atoms with Crippen LogP contribution in [0.15, 0.2) is 89.1 Å². The number of hydrogen-bond donors (Lipinski definition) is 0. The summed E-state index contributed by atoms with van der Waals surface area (Å²) in [6, 6.07) is 26.3. The summed E-state index contributed by atoms with van der Waals surface area (Å²) in [6.45, 7) is 3.82. The SMILES string of the molecule is CCCOc1ccccc1CN=Nc1nnc2c3ccccc3n(Cc3ccccc3)c2n1. The molecule has 0 amide bonds. The summed E-state index contributed by atoms with van der Waals surface area (Å²) < 4.78 is 7.96. The van der Waals surface area contributed by atoms with Gasteiger partial charge in [-0.2, -0.15) is 10.1 Å². The molecule has 2 aromatic heterocycles. The Hall–Kier alpha value is -4.13. The fourth-order valence-electron chi connectivity index (χ4n) is 3.83. The van der Waals surface area contributed by atoms with E-state index in [4.69, 9.17) is 9.72 Å². The Labute approximate surface area is 191 Å². The highest BCUT2D eigenvalue weighted by atomic mass is 16.5. The van der Waals surface area contributed by atoms with Crippen LogP contribution >= 0.6 is 0 Å². The minimum atomic E-state index is 0.242. The highest BCUT2D eigenvalue weighted by Gasteiger charge is 2.15. The molecule has 0 aliphatic heterocycles. The van der Waals surface area contributed by atoms with Crippen molar-refractivity contribution in [3.05, 3.63) is 90.0 Å². The first-order valence-electron chi connectivity index (χ1n) is 11.1. The third-order valence-corrected chi connectivity index (χ3v) is 5.38. The van der Waals surface area contributed by atoms with Crippen molar-refractivity contribution in [2.24, 2.45) is 10.2 Å². The van der Waals surface area contributed by atoms with Crippen molar-refractivity contribution in [3.63, 3.8) is 0 Å². The van der Waals surface area contributed by atoms with Gasteiger partial charge in [-0.25, -0.2) is 0 Å². The Kier molecular flexibility index (Phi) is 6.01. The number of rotatable bonds is 8. The van der Waals surface area contributed by atoms with Crippen LogP contribution in [0.2, 0.25) is 0 Å². The van der Waals surface area contributed by atoms with Gasteiger partial charge in [0.25, 0.3) is 5.95 Å². The molecule has 7 heteroatoms. The number of azo groups is 1. The summed E-state index contributed by atoms with van der Waals surface area (Å²) in [5.74, 6) is 1.07. The Balaban J connectivity index is 1.47. The molecule has 0 saturated carbocycles. The normalized spacial score (nSPS) is 11.5. The highest BCUT2D eigenvalue weighted by Crippen LogP contribution is 2.28. The fourth-order valence-corrected chi connectivity index (χ4v) is 3.83. The van der Waals surface area contributed by atoms with Gasteiger partial charge in [0.05, 0.1) is 18.7 Å². The van der Waals surface area contributed by atoms with E-state index in [1.165, 1.54) is 5.56 Å². The molecule has 0 saturated heterocycles. The average molecular weight is 437 g/mol. The van der Waals surface area contributed by atoms with E-state index in [0.29, 0.717) is 19.7 Å². The summed E-state index contributed by atoms with van der Waals surface area (Å²) in [7, 11) is 0. The second-order valence-electron chi connectivity index (χ2n) is 7.73. The molecule has 0 N–H and O–H groups in total. The van der Waals surface area contributed by atoms with Gasteiger partial charge in [0.15, 0.2) is 5.65 Å². The van der Waals surface area contributed by atoms with Crippen LogP contribution < -0.4 is 4.74 Å². The zero-order valence-corrected chi connectivity index (χ0v) is 18.4. The summed E-state index contributed by atoms with van der Waals surface area (Å²) in [5, 5.41) is 18.3. The quantitative estimate of drug-likeness (QED) is 0.275. The van der Waals surface area contributed by atoms with Crippen LogP contribution in [0, 0.1) is 0 Å². The minimum Gasteiger partial charge on any atom is -0.493 e. The van der Waals surface area contributed by atoms with Crippen LogP contribution in [-0.2, 0) is 13.1 Å². The molecule has 0 radical (unpaired) electrons. The first-order chi connectivity index (χ1) is 16.3. The Morgan fingerprint density at radius 2 is 1.67 bits per heavy atom. The topological polar surface area (TPSA) is 77.5 Å². The second kappa shape index (κ2) is 9.56. The van der Waals surface area contributed by atoms with Gasteiger partial charge in [-0.1, -0.05) is 73.7 Å². The summed E-state index contributed by atoms with van der Waals surface area (Å²) in [5.41, 5.74) is 4.73. The van der Waals surface area contributed by atoms with Crippen LogP contribution in [0.4, 0.5) is 5.95 Å². The first kappa shape index (κ1) is 20.8. The summed E-state index contributed by atoms with van der Waals surface area (Å²) in [6.07, 6.45) is 0.951. The highest BCUT2D eigenvalue weighted by molar-refractivity contribution is 6.04. The molecular weight excluding hydrogens is 412 g/mol. The largest absolute Gasteiger partial charge is 0.493 e. The molecule has 0 aliphatic carbocycles. The standard InChI is InChI=1S/C26H24N6O/c1-2-16-33-23-15-9-6-12-20(23)17-27-30-26-28-25-24(29-31-26)21-13-7-8-14-22(21)32(25)18-19-10-4-3-5-11-19/h3-15H,2,16-18H2,1H3. The first-order valence-corrected chi connectivity index (χ1v) is 11.1. The monoisotopic (exact) mass is 436 g/mol. The zero-order chi connectivity index (χ0) is 22.5. The molecule has 0 bridgehead atoms. The fraction of sp³-hybridized carbons (Fsp3) is 0.192. The smallest absolute Gasteiger partial charge is 0.289 e. The van der Waals surface area contributed by atoms with Gasteiger partial charge in [0.1, 0.15) is 11.3 Å². The summed E-state index contributed by atoms with van der Waals surface area (Å²) >= 11 is 0. The van der Waals surface area contributed by atoms with Gasteiger partial charge in [-0.15, -0.1) is 15.3 Å². The van der Waals surface area contributed by atoms with Crippen LogP contribution in [0.5, 0.6) is 5.75 Å². The number of hydrogen-bond acceptors (Lipinski definition) is 6. The van der Waals surface area contributed by atoms with Crippen LogP contribution in [0.1, 0.15) is 24.5 Å². The molecule has 0 fully saturated rings. The molecular formula is C26H24N6O. The molecule has 7 nitrogen and oxygen atoms in total. The molecule has 2 heterocycles. The number of ether oxygens (including phenoxy) is 1. The van der Waals surface area contributed by atoms with Crippen molar-refractivity contribution >= 4 is 28.0 Å². The third kappa shape index (κ3) is 4.43. The van der Waals surface area contributed by atoms with Crippen molar-refractivity contribution in [2.45, 2.75) is 26.4 Å². The lowest BCUT2D eigenvalue weighted by Crippen LogP contribution is -2.01. The van der Waals surface area contributed by atoms with E-state index >= 15 is 0 Å². The van der Waals surface area contributed by atoms with Crippen molar-refractivity contribution < 1.29 is 4.74 Å². The molecule has 0 aliphatic rings. The van der Waals surface area contributed by atoms with Gasteiger partial charge >= 0.3 is 0 Å². The average Bonchev–Trinajstić information content (AvgIpc) is 3.17. The molecule has 0 atom stereocenters. The van der Waals surface area contributed by atoms with Crippen LogP contribution in [0.25, 0.3) is 22.1 Å². The van der Waals surface area contributed by atoms with E-state index in [1.54, 1.807) is 0 Å². The van der Waals surface area contributed by atoms with E-state index in [-0.39, 0.29) is 5.95 Å². The van der Waals surface area contributed by atoms with Crippen molar-refractivity contribution in [2.75, 3.05) is 6.61 Å². The molecule has 5 rings (SSSR count). The van der Waals surface area contributed by atoms with Gasteiger partial charge in [0, 0.05) is 17.5 Å². The lowest BCUT2D eigenvalue weighted by atomic mass is 10.2. The molecule has 0 spiro atoms. The second-order valence-corrected chi connectivity index (χ2v) is 7.73. The van der Waals surface area contributed by atoms with E-state index < -0.39 is 0 Å². The number of aromatic nitrogens is 4. The molecule has 164 valence electrons. The number of fused-ring (bicyclic) bond motifs is 3. The Bertz CT molecular complexity index is 1410. The van der Waals surface area contributed by atoms with Gasteiger partial charge in [-0.3, -0.25) is 0 Å². The van der Waals surface area contributed by atoms with Crippen molar-refractivity contribution in [1.82, 2.24) is 19.7 Å². The number of para-hydroxylation sites is 2.